The van der Waals surface area contributed by atoms with Gasteiger partial charge in [0.25, 0.3) is 0 Å². The summed E-state index contributed by atoms with van der Waals surface area (Å²) in [5.74, 6) is 0.628. The van der Waals surface area contributed by atoms with E-state index in [9.17, 15) is 4.79 Å². The first-order valence-corrected chi connectivity index (χ1v) is 9.70. The van der Waals surface area contributed by atoms with Crippen molar-refractivity contribution in [3.63, 3.8) is 0 Å². The molecular weight excluding hydrogens is 374 g/mol. The summed E-state index contributed by atoms with van der Waals surface area (Å²) >= 11 is 0. The lowest BCUT2D eigenvalue weighted by atomic mass is 10.1. The summed E-state index contributed by atoms with van der Waals surface area (Å²) in [4.78, 5) is 26.8. The van der Waals surface area contributed by atoms with Crippen molar-refractivity contribution in [1.29, 1.82) is 0 Å². The molecule has 4 aromatic rings. The molecular formula is C24H21N5O. The molecule has 1 amide bonds. The zero-order valence-corrected chi connectivity index (χ0v) is 16.3. The molecule has 0 atom stereocenters. The molecule has 1 aromatic carbocycles. The van der Waals surface area contributed by atoms with Gasteiger partial charge in [-0.15, -0.1) is 0 Å². The van der Waals surface area contributed by atoms with E-state index in [1.54, 1.807) is 24.7 Å². The second-order valence-electron chi connectivity index (χ2n) is 6.61. The van der Waals surface area contributed by atoms with Gasteiger partial charge in [0.05, 0.1) is 23.3 Å². The van der Waals surface area contributed by atoms with Gasteiger partial charge in [-0.1, -0.05) is 36.4 Å². The topological polar surface area (TPSA) is 71.0 Å². The van der Waals surface area contributed by atoms with Crippen molar-refractivity contribution >= 4 is 23.6 Å². The number of carbonyl (C=O) groups excluding carboxylic acids is 1. The fourth-order valence-electron chi connectivity index (χ4n) is 3.15. The van der Waals surface area contributed by atoms with Crippen molar-refractivity contribution in [1.82, 2.24) is 15.0 Å². The minimum Gasteiger partial charge on any atom is -0.368 e. The number of aromatic nitrogens is 3. The van der Waals surface area contributed by atoms with E-state index in [0.717, 1.165) is 29.8 Å². The summed E-state index contributed by atoms with van der Waals surface area (Å²) in [7, 11) is 0. The summed E-state index contributed by atoms with van der Waals surface area (Å²) in [5, 5.41) is 3.38. The Morgan fingerprint density at radius 3 is 2.50 bits per heavy atom. The van der Waals surface area contributed by atoms with Gasteiger partial charge < -0.3 is 5.32 Å². The van der Waals surface area contributed by atoms with E-state index in [0.29, 0.717) is 23.7 Å². The molecule has 0 unspecified atom stereocenters. The molecule has 0 radical (unpaired) electrons. The van der Waals surface area contributed by atoms with Crippen LogP contribution in [0.25, 0.3) is 11.3 Å². The zero-order valence-electron chi connectivity index (χ0n) is 16.3. The summed E-state index contributed by atoms with van der Waals surface area (Å²) in [6.45, 7) is 0.634. The average molecular weight is 395 g/mol. The van der Waals surface area contributed by atoms with Crippen molar-refractivity contribution in [3.05, 3.63) is 97.1 Å². The van der Waals surface area contributed by atoms with Crippen LogP contribution in [0.2, 0.25) is 0 Å². The third kappa shape index (κ3) is 4.50. The van der Waals surface area contributed by atoms with E-state index >= 15 is 0 Å². The zero-order chi connectivity index (χ0) is 20.6. The number of pyridine rings is 3. The summed E-state index contributed by atoms with van der Waals surface area (Å²) in [6.07, 6.45) is 6.63. The number of nitrogens with zero attached hydrogens (tertiary/aromatic N) is 4. The first-order chi connectivity index (χ1) is 14.8. The van der Waals surface area contributed by atoms with Gasteiger partial charge in [-0.25, -0.2) is 4.98 Å². The van der Waals surface area contributed by atoms with Gasteiger partial charge in [0.2, 0.25) is 6.41 Å². The maximum atomic E-state index is 11.9. The maximum Gasteiger partial charge on any atom is 0.218 e. The van der Waals surface area contributed by atoms with Crippen LogP contribution in [0.4, 0.5) is 17.2 Å². The molecule has 0 saturated carbocycles. The van der Waals surface area contributed by atoms with Crippen molar-refractivity contribution in [2.75, 3.05) is 16.8 Å². The number of rotatable bonds is 8. The molecule has 0 aliphatic heterocycles. The van der Waals surface area contributed by atoms with Gasteiger partial charge in [-0.2, -0.15) is 0 Å². The predicted octanol–water partition coefficient (Wildman–Crippen LogP) is 4.49. The van der Waals surface area contributed by atoms with E-state index < -0.39 is 0 Å². The number of anilines is 3. The minimum atomic E-state index is 0.628. The van der Waals surface area contributed by atoms with Gasteiger partial charge in [0.1, 0.15) is 0 Å². The van der Waals surface area contributed by atoms with Crippen LogP contribution in [0.5, 0.6) is 0 Å². The van der Waals surface area contributed by atoms with E-state index in [1.165, 1.54) is 4.90 Å². The molecule has 6 nitrogen and oxygen atoms in total. The molecule has 30 heavy (non-hydrogen) atoms. The van der Waals surface area contributed by atoms with Gasteiger partial charge in [0, 0.05) is 36.6 Å². The van der Waals surface area contributed by atoms with Crippen LogP contribution in [0.15, 0.2) is 91.4 Å². The van der Waals surface area contributed by atoms with E-state index in [2.05, 4.69) is 15.3 Å². The van der Waals surface area contributed by atoms with E-state index in [1.807, 2.05) is 66.7 Å². The lowest BCUT2D eigenvalue weighted by Gasteiger charge is -2.21. The van der Waals surface area contributed by atoms with Crippen LogP contribution >= 0.6 is 0 Å². The molecule has 0 aliphatic carbocycles. The fraction of sp³-hybridized carbons (Fsp3) is 0.0833. The Bertz CT molecular complexity index is 1090. The third-order valence-corrected chi connectivity index (χ3v) is 4.63. The minimum absolute atomic E-state index is 0.628. The predicted molar refractivity (Wildman–Crippen MR) is 119 cm³/mol. The van der Waals surface area contributed by atoms with Crippen molar-refractivity contribution in [2.24, 2.45) is 0 Å². The monoisotopic (exact) mass is 395 g/mol. The Hall–Kier alpha value is -4.06. The summed E-state index contributed by atoms with van der Waals surface area (Å²) in [6, 6.07) is 23.3. The lowest BCUT2D eigenvalue weighted by molar-refractivity contribution is -0.106. The highest BCUT2D eigenvalue weighted by Crippen LogP contribution is 2.32. The van der Waals surface area contributed by atoms with Gasteiger partial charge in [-0.3, -0.25) is 19.7 Å². The standard InChI is InChI=1S/C24H21N5O/c30-18-29(21-10-6-14-25-17-21)23-12-11-22(19-7-2-1-3-8-19)28-24(23)27-16-13-20-9-4-5-15-26-20/h1-12,14-15,17-18H,13,16H2,(H,27,28). The number of hydrogen-bond acceptors (Lipinski definition) is 5. The highest BCUT2D eigenvalue weighted by molar-refractivity contribution is 5.91. The summed E-state index contributed by atoms with van der Waals surface area (Å²) < 4.78 is 0. The molecule has 148 valence electrons. The van der Waals surface area contributed by atoms with Crippen LogP contribution < -0.4 is 10.2 Å². The van der Waals surface area contributed by atoms with E-state index in [4.69, 9.17) is 4.98 Å². The SMILES string of the molecule is O=CN(c1cccnc1)c1ccc(-c2ccccc2)nc1NCCc1ccccn1. The van der Waals surface area contributed by atoms with Crippen molar-refractivity contribution in [2.45, 2.75) is 6.42 Å². The van der Waals surface area contributed by atoms with Gasteiger partial charge in [-0.05, 0) is 36.4 Å². The molecule has 0 spiro atoms. The highest BCUT2D eigenvalue weighted by Gasteiger charge is 2.15. The Kier molecular flexibility index (Phi) is 6.05. The number of hydrogen-bond donors (Lipinski definition) is 1. The fourth-order valence-corrected chi connectivity index (χ4v) is 3.15. The first-order valence-electron chi connectivity index (χ1n) is 9.70. The van der Waals surface area contributed by atoms with Gasteiger partial charge in [0.15, 0.2) is 5.82 Å². The molecule has 6 heteroatoms. The Morgan fingerprint density at radius 2 is 1.77 bits per heavy atom. The normalized spacial score (nSPS) is 10.4. The Labute approximate surface area is 175 Å². The summed E-state index contributed by atoms with van der Waals surface area (Å²) in [5.41, 5.74) is 4.17. The molecule has 0 aliphatic rings. The molecule has 3 aromatic heterocycles. The molecule has 4 rings (SSSR count). The number of carbonyl (C=O) groups is 1. The number of benzene rings is 1. The highest BCUT2D eigenvalue weighted by atomic mass is 16.1. The van der Waals surface area contributed by atoms with Crippen LogP contribution in [-0.2, 0) is 11.2 Å². The maximum absolute atomic E-state index is 11.9. The Morgan fingerprint density at radius 1 is 0.900 bits per heavy atom. The quantitative estimate of drug-likeness (QED) is 0.445. The van der Waals surface area contributed by atoms with Crippen molar-refractivity contribution in [3.8, 4) is 11.3 Å². The molecule has 0 saturated heterocycles. The van der Waals surface area contributed by atoms with Crippen LogP contribution in [0, 0.1) is 0 Å². The lowest BCUT2D eigenvalue weighted by Crippen LogP contribution is -2.18. The smallest absolute Gasteiger partial charge is 0.218 e. The van der Waals surface area contributed by atoms with E-state index in [-0.39, 0.29) is 0 Å². The largest absolute Gasteiger partial charge is 0.368 e. The second-order valence-corrected chi connectivity index (χ2v) is 6.61. The Balaban J connectivity index is 1.66. The number of amides is 1. The first kappa shape index (κ1) is 19.3. The third-order valence-electron chi connectivity index (χ3n) is 4.63. The van der Waals surface area contributed by atoms with Crippen LogP contribution in [0.1, 0.15) is 5.69 Å². The molecule has 0 bridgehead atoms. The van der Waals surface area contributed by atoms with Crippen LogP contribution in [-0.4, -0.2) is 27.9 Å². The molecule has 0 fully saturated rings. The molecule has 3 heterocycles. The second kappa shape index (κ2) is 9.43. The van der Waals surface area contributed by atoms with Crippen molar-refractivity contribution < 1.29 is 4.79 Å². The number of nitrogens with one attached hydrogen (secondary N) is 1. The van der Waals surface area contributed by atoms with Gasteiger partial charge >= 0.3 is 0 Å². The van der Waals surface area contributed by atoms with Crippen LogP contribution in [0.3, 0.4) is 0 Å². The molecule has 1 N–H and O–H groups in total. The average Bonchev–Trinajstić information content (AvgIpc) is 2.82.